The Bertz CT molecular complexity index is 696. The molecule has 29 heavy (non-hydrogen) atoms. The molecular formula is C21H34N6O2. The predicted octanol–water partition coefficient (Wildman–Crippen LogP) is 1.22. The molecule has 3 N–H and O–H groups in total. The fraction of sp³-hybridized carbons (Fsp3) is 0.667. The Morgan fingerprint density at radius 2 is 2.21 bits per heavy atom. The molecule has 2 aliphatic heterocycles. The van der Waals surface area contributed by atoms with Gasteiger partial charge < -0.3 is 25.6 Å². The smallest absolute Gasteiger partial charge is 0.220 e. The second-order valence-electron chi connectivity index (χ2n) is 7.93. The van der Waals surface area contributed by atoms with Crippen molar-refractivity contribution in [2.75, 3.05) is 51.3 Å². The molecule has 0 spiro atoms. The van der Waals surface area contributed by atoms with Gasteiger partial charge in [-0.1, -0.05) is 6.07 Å². The van der Waals surface area contributed by atoms with Gasteiger partial charge in [0.2, 0.25) is 5.91 Å². The van der Waals surface area contributed by atoms with E-state index in [0.717, 1.165) is 76.0 Å². The molecule has 0 bridgehead atoms. The number of aromatic nitrogens is 1. The van der Waals surface area contributed by atoms with Gasteiger partial charge in [-0.15, -0.1) is 0 Å². The number of pyridine rings is 1. The lowest BCUT2D eigenvalue weighted by atomic mass is 9.96. The number of nitrogens with two attached hydrogens (primary N) is 1. The maximum absolute atomic E-state index is 11.4. The van der Waals surface area contributed by atoms with Crippen molar-refractivity contribution in [3.8, 4) is 0 Å². The van der Waals surface area contributed by atoms with E-state index in [9.17, 15) is 4.79 Å². The van der Waals surface area contributed by atoms with Crippen molar-refractivity contribution in [2.24, 2.45) is 22.6 Å². The Kier molecular flexibility index (Phi) is 7.69. The minimum absolute atomic E-state index is 0.0231. The van der Waals surface area contributed by atoms with E-state index in [1.165, 1.54) is 0 Å². The largest absolute Gasteiger partial charge is 0.381 e. The summed E-state index contributed by atoms with van der Waals surface area (Å²) in [5.74, 6) is 2.21. The van der Waals surface area contributed by atoms with Crippen LogP contribution in [0.1, 0.15) is 31.7 Å². The number of amides is 1. The Hall–Kier alpha value is -2.35. The highest BCUT2D eigenvalue weighted by atomic mass is 16.5. The lowest BCUT2D eigenvalue weighted by Gasteiger charge is -2.32. The van der Waals surface area contributed by atoms with Gasteiger partial charge in [-0.2, -0.15) is 0 Å². The van der Waals surface area contributed by atoms with Gasteiger partial charge >= 0.3 is 0 Å². The second kappa shape index (κ2) is 10.4. The van der Waals surface area contributed by atoms with E-state index in [1.54, 1.807) is 0 Å². The number of aliphatic imine (C=N–C) groups is 1. The molecule has 1 aromatic rings. The Morgan fingerprint density at radius 3 is 2.86 bits per heavy atom. The number of carbonyl (C=O) groups excluding carboxylic acids is 1. The van der Waals surface area contributed by atoms with Crippen molar-refractivity contribution in [1.82, 2.24) is 15.2 Å². The summed E-state index contributed by atoms with van der Waals surface area (Å²) in [6.07, 6.45) is 4.49. The number of rotatable bonds is 7. The molecule has 1 atom stereocenters. The summed E-state index contributed by atoms with van der Waals surface area (Å²) in [7, 11) is 2.08. The minimum atomic E-state index is -0.193. The average molecular weight is 403 g/mol. The third-order valence-corrected chi connectivity index (χ3v) is 5.72. The molecule has 1 aromatic heterocycles. The summed E-state index contributed by atoms with van der Waals surface area (Å²) in [6.45, 7) is 7.69. The molecule has 8 heteroatoms. The molecule has 2 fully saturated rings. The second-order valence-corrected chi connectivity index (χ2v) is 7.93. The molecule has 8 nitrogen and oxygen atoms in total. The third-order valence-electron chi connectivity index (χ3n) is 5.72. The highest BCUT2D eigenvalue weighted by molar-refractivity contribution is 5.80. The number of piperidine rings is 1. The van der Waals surface area contributed by atoms with Crippen molar-refractivity contribution in [3.05, 3.63) is 23.9 Å². The Balaban J connectivity index is 1.67. The Labute approximate surface area is 173 Å². The van der Waals surface area contributed by atoms with Crippen LogP contribution in [0.4, 0.5) is 5.82 Å². The first-order valence-corrected chi connectivity index (χ1v) is 10.6. The molecule has 1 amide bonds. The van der Waals surface area contributed by atoms with E-state index < -0.39 is 0 Å². The zero-order valence-corrected chi connectivity index (χ0v) is 17.6. The van der Waals surface area contributed by atoms with Crippen molar-refractivity contribution in [1.29, 1.82) is 0 Å². The topological polar surface area (TPSA) is 96.1 Å². The number of carbonyl (C=O) groups is 1. The molecule has 3 rings (SSSR count). The Morgan fingerprint density at radius 1 is 1.41 bits per heavy atom. The quantitative estimate of drug-likeness (QED) is 0.526. The van der Waals surface area contributed by atoms with Crippen LogP contribution in [-0.4, -0.2) is 68.2 Å². The van der Waals surface area contributed by atoms with Crippen molar-refractivity contribution < 1.29 is 9.53 Å². The number of ether oxygens (including phenoxy) is 1. The zero-order chi connectivity index (χ0) is 20.6. The number of nitrogens with one attached hydrogen (secondary N) is 1. The first-order valence-electron chi connectivity index (χ1n) is 10.6. The molecule has 0 saturated carbocycles. The van der Waals surface area contributed by atoms with Gasteiger partial charge in [-0.05, 0) is 32.3 Å². The van der Waals surface area contributed by atoms with Crippen LogP contribution in [-0.2, 0) is 16.1 Å². The number of primary amides is 1. The zero-order valence-electron chi connectivity index (χ0n) is 17.6. The highest BCUT2D eigenvalue weighted by Gasteiger charge is 2.25. The summed E-state index contributed by atoms with van der Waals surface area (Å²) < 4.78 is 5.50. The van der Waals surface area contributed by atoms with Gasteiger partial charge in [0.15, 0.2) is 5.96 Å². The van der Waals surface area contributed by atoms with Gasteiger partial charge in [0, 0.05) is 63.4 Å². The van der Waals surface area contributed by atoms with Gasteiger partial charge in [0.1, 0.15) is 5.82 Å². The normalized spacial score (nSPS) is 20.7. The summed E-state index contributed by atoms with van der Waals surface area (Å²) >= 11 is 0. The lowest BCUT2D eigenvalue weighted by molar-refractivity contribution is -0.122. The van der Waals surface area contributed by atoms with Gasteiger partial charge in [-0.3, -0.25) is 4.79 Å². The molecule has 2 aliphatic rings. The fourth-order valence-electron chi connectivity index (χ4n) is 4.05. The molecule has 1 unspecified atom stereocenters. The van der Waals surface area contributed by atoms with E-state index in [-0.39, 0.29) is 11.8 Å². The summed E-state index contributed by atoms with van der Waals surface area (Å²) in [6, 6.07) is 4.04. The highest BCUT2D eigenvalue weighted by Crippen LogP contribution is 2.25. The van der Waals surface area contributed by atoms with Crippen LogP contribution in [0, 0.1) is 11.8 Å². The van der Waals surface area contributed by atoms with Crippen LogP contribution in [0.3, 0.4) is 0 Å². The predicted molar refractivity (Wildman–Crippen MR) is 115 cm³/mol. The van der Waals surface area contributed by atoms with Crippen LogP contribution in [0.5, 0.6) is 0 Å². The molecule has 0 radical (unpaired) electrons. The third kappa shape index (κ3) is 5.82. The fourth-order valence-corrected chi connectivity index (χ4v) is 4.05. The molecule has 0 aliphatic carbocycles. The summed E-state index contributed by atoms with van der Waals surface area (Å²) in [5.41, 5.74) is 6.56. The summed E-state index contributed by atoms with van der Waals surface area (Å²) in [4.78, 5) is 25.4. The van der Waals surface area contributed by atoms with E-state index >= 15 is 0 Å². The van der Waals surface area contributed by atoms with Crippen molar-refractivity contribution >= 4 is 17.7 Å². The molecule has 0 aromatic carbocycles. The first kappa shape index (κ1) is 21.4. The molecule has 2 saturated heterocycles. The van der Waals surface area contributed by atoms with Crippen LogP contribution in [0.2, 0.25) is 0 Å². The molecular weight excluding hydrogens is 368 g/mol. The number of nitrogens with zero attached hydrogens (tertiary/aromatic N) is 4. The van der Waals surface area contributed by atoms with E-state index in [0.29, 0.717) is 12.5 Å². The van der Waals surface area contributed by atoms with E-state index in [2.05, 4.69) is 40.1 Å². The van der Waals surface area contributed by atoms with Crippen molar-refractivity contribution in [3.63, 3.8) is 0 Å². The number of guanidine groups is 1. The summed E-state index contributed by atoms with van der Waals surface area (Å²) in [5, 5.41) is 3.39. The van der Waals surface area contributed by atoms with Crippen LogP contribution in [0.25, 0.3) is 0 Å². The maximum atomic E-state index is 11.4. The van der Waals surface area contributed by atoms with E-state index in [1.807, 2.05) is 12.3 Å². The first-order chi connectivity index (χ1) is 14.1. The maximum Gasteiger partial charge on any atom is 0.220 e. The number of hydrogen-bond donors (Lipinski definition) is 2. The van der Waals surface area contributed by atoms with Crippen LogP contribution >= 0.6 is 0 Å². The minimum Gasteiger partial charge on any atom is -0.381 e. The monoisotopic (exact) mass is 402 g/mol. The van der Waals surface area contributed by atoms with E-state index in [4.69, 9.17) is 15.5 Å². The number of hydrogen-bond acceptors (Lipinski definition) is 5. The molecule has 3 heterocycles. The molecule has 160 valence electrons. The lowest BCUT2D eigenvalue weighted by Crippen LogP contribution is -2.41. The standard InChI is InChI=1S/C21H34N6O2/c1-3-23-21(26(2)14-16-8-12-29-15-16)25-13-18-5-4-9-24-20(18)27-10-6-17(7-11-27)19(22)28/h4-5,9,16-17H,3,6-8,10-15H2,1-2H3,(H2,22,28)(H,23,25). The average Bonchev–Trinajstić information content (AvgIpc) is 3.24. The SMILES string of the molecule is CCNC(=NCc1cccnc1N1CCC(C(N)=O)CC1)N(C)CC1CCOC1. The van der Waals surface area contributed by atoms with Crippen LogP contribution < -0.4 is 16.0 Å². The van der Waals surface area contributed by atoms with Crippen molar-refractivity contribution in [2.45, 2.75) is 32.7 Å². The van der Waals surface area contributed by atoms with Gasteiger partial charge in [-0.25, -0.2) is 9.98 Å². The van der Waals surface area contributed by atoms with Gasteiger partial charge in [0.25, 0.3) is 0 Å². The number of anilines is 1. The van der Waals surface area contributed by atoms with Gasteiger partial charge in [0.05, 0.1) is 13.2 Å². The van der Waals surface area contributed by atoms with Crippen LogP contribution in [0.15, 0.2) is 23.3 Å².